The van der Waals surface area contributed by atoms with Crippen LogP contribution in [-0.2, 0) is 9.30 Å². The van der Waals surface area contributed by atoms with Gasteiger partial charge >= 0.3 is 7.60 Å². The van der Waals surface area contributed by atoms with Crippen molar-refractivity contribution in [3.63, 3.8) is 0 Å². The highest BCUT2D eigenvalue weighted by molar-refractivity contribution is 7.55. The Bertz CT molecular complexity index is 771. The van der Waals surface area contributed by atoms with E-state index in [0.29, 0.717) is 11.2 Å². The number of fused-ring (bicyclic) bond motifs is 1. The van der Waals surface area contributed by atoms with Gasteiger partial charge in [-0.15, -0.1) is 0 Å². The van der Waals surface area contributed by atoms with Gasteiger partial charge in [0.15, 0.2) is 17.7 Å². The summed E-state index contributed by atoms with van der Waals surface area (Å²) in [5.74, 6) is 0.980. The Labute approximate surface area is 124 Å². The van der Waals surface area contributed by atoms with Crippen LogP contribution in [0.25, 0.3) is 11.2 Å². The molecule has 1 aliphatic heterocycles. The van der Waals surface area contributed by atoms with Crippen molar-refractivity contribution >= 4 is 24.6 Å². The Kier molecular flexibility index (Phi) is 3.71. The van der Waals surface area contributed by atoms with Gasteiger partial charge in [-0.1, -0.05) is 0 Å². The van der Waals surface area contributed by atoms with Crippen molar-refractivity contribution < 1.29 is 24.2 Å². The lowest BCUT2D eigenvalue weighted by molar-refractivity contribution is -0.0227. The van der Waals surface area contributed by atoms with E-state index in [0.717, 1.165) is 5.82 Å². The van der Waals surface area contributed by atoms with Gasteiger partial charge in [-0.25, -0.2) is 15.0 Å². The summed E-state index contributed by atoms with van der Waals surface area (Å²) in [7, 11) is -4.26. The van der Waals surface area contributed by atoms with Crippen LogP contribution in [0.1, 0.15) is 12.6 Å². The molecule has 0 unspecified atom stereocenters. The SMILES string of the molecule is Nc1ncnc2c1ncn2[C@@H]1O[C@H](/C=C/P(=O)(O)O)C[C@H]1O. The van der Waals surface area contributed by atoms with Crippen LogP contribution < -0.4 is 5.73 Å². The van der Waals surface area contributed by atoms with E-state index >= 15 is 0 Å². The van der Waals surface area contributed by atoms with E-state index in [1.807, 2.05) is 0 Å². The van der Waals surface area contributed by atoms with E-state index in [2.05, 4.69) is 15.0 Å². The van der Waals surface area contributed by atoms with E-state index in [1.54, 1.807) is 0 Å². The lowest BCUT2D eigenvalue weighted by Crippen LogP contribution is -2.19. The minimum absolute atomic E-state index is 0.196. The molecule has 3 rings (SSSR count). The molecule has 3 heterocycles. The molecule has 1 saturated heterocycles. The molecule has 3 atom stereocenters. The second-order valence-corrected chi connectivity index (χ2v) is 6.36. The lowest BCUT2D eigenvalue weighted by Gasteiger charge is -2.16. The standard InChI is InChI=1S/C11H14N5O5P/c12-9-8-10(14-4-13-9)16(5-15-8)11-7(17)3-6(21-11)1-2-22(18,19)20/h1-2,4-7,11,17H,3H2,(H2,12,13,14)(H2,18,19,20)/b2-1+/t6-,7-,11-/m1/s1. The molecule has 11 heteroatoms. The number of imidazole rings is 1. The summed E-state index contributed by atoms with van der Waals surface area (Å²) in [6, 6.07) is 0. The summed E-state index contributed by atoms with van der Waals surface area (Å²) < 4.78 is 18.0. The number of nitrogens with two attached hydrogens (primary N) is 1. The third-order valence-corrected chi connectivity index (χ3v) is 3.83. The number of hydrogen-bond acceptors (Lipinski definition) is 7. The van der Waals surface area contributed by atoms with Crippen LogP contribution in [0.3, 0.4) is 0 Å². The van der Waals surface area contributed by atoms with Gasteiger partial charge in [0.2, 0.25) is 0 Å². The molecule has 0 radical (unpaired) electrons. The summed E-state index contributed by atoms with van der Waals surface area (Å²) in [4.78, 5) is 29.6. The van der Waals surface area contributed by atoms with Crippen LogP contribution in [-0.4, -0.2) is 46.6 Å². The van der Waals surface area contributed by atoms with Crippen LogP contribution in [0.5, 0.6) is 0 Å². The molecular weight excluding hydrogens is 313 g/mol. The maximum atomic E-state index is 10.8. The Balaban J connectivity index is 1.87. The monoisotopic (exact) mass is 327 g/mol. The highest BCUT2D eigenvalue weighted by atomic mass is 31.2. The van der Waals surface area contributed by atoms with Gasteiger partial charge in [0, 0.05) is 12.2 Å². The van der Waals surface area contributed by atoms with Crippen molar-refractivity contribution in [3.8, 4) is 0 Å². The molecule has 0 amide bonds. The normalized spacial score (nSPS) is 26.2. The van der Waals surface area contributed by atoms with Crippen LogP contribution in [0.2, 0.25) is 0 Å². The van der Waals surface area contributed by atoms with E-state index in [1.165, 1.54) is 23.3 Å². The number of rotatable bonds is 3. The predicted molar refractivity (Wildman–Crippen MR) is 75.5 cm³/mol. The van der Waals surface area contributed by atoms with Gasteiger partial charge in [-0.2, -0.15) is 0 Å². The fraction of sp³-hybridized carbons (Fsp3) is 0.364. The fourth-order valence-corrected chi connectivity index (χ4v) is 2.74. The number of aliphatic hydroxyl groups is 1. The molecule has 0 aromatic carbocycles. The van der Waals surface area contributed by atoms with Crippen LogP contribution in [0, 0.1) is 0 Å². The molecule has 22 heavy (non-hydrogen) atoms. The zero-order valence-electron chi connectivity index (χ0n) is 11.2. The van der Waals surface area contributed by atoms with Crippen molar-refractivity contribution in [3.05, 3.63) is 24.5 Å². The molecule has 0 bridgehead atoms. The Morgan fingerprint density at radius 3 is 2.91 bits per heavy atom. The van der Waals surface area contributed by atoms with Crippen molar-refractivity contribution in [1.29, 1.82) is 0 Å². The topological polar surface area (TPSA) is 157 Å². The zero-order valence-corrected chi connectivity index (χ0v) is 12.1. The van der Waals surface area contributed by atoms with Crippen molar-refractivity contribution in [2.75, 3.05) is 5.73 Å². The maximum Gasteiger partial charge on any atom is 0.348 e. The number of nitrogens with zero attached hydrogens (tertiary/aromatic N) is 4. The Morgan fingerprint density at radius 1 is 1.41 bits per heavy atom. The second-order valence-electron chi connectivity index (χ2n) is 4.88. The first kappa shape index (κ1) is 15.1. The summed E-state index contributed by atoms with van der Waals surface area (Å²) in [6.07, 6.45) is 1.88. The van der Waals surface area contributed by atoms with Crippen LogP contribution in [0.4, 0.5) is 5.82 Å². The predicted octanol–water partition coefficient (Wildman–Crippen LogP) is -0.252. The molecule has 2 aromatic rings. The van der Waals surface area contributed by atoms with Gasteiger partial charge in [-0.3, -0.25) is 9.13 Å². The van der Waals surface area contributed by atoms with Gasteiger partial charge < -0.3 is 25.4 Å². The quantitative estimate of drug-likeness (QED) is 0.558. The number of aliphatic hydroxyl groups excluding tert-OH is 1. The highest BCUT2D eigenvalue weighted by Gasteiger charge is 2.35. The van der Waals surface area contributed by atoms with E-state index < -0.39 is 26.0 Å². The lowest BCUT2D eigenvalue weighted by atomic mass is 10.2. The van der Waals surface area contributed by atoms with Crippen molar-refractivity contribution in [2.45, 2.75) is 24.9 Å². The average Bonchev–Trinajstić information content (AvgIpc) is 3.00. The highest BCUT2D eigenvalue weighted by Crippen LogP contribution is 2.38. The molecule has 0 spiro atoms. The summed E-state index contributed by atoms with van der Waals surface area (Å²) in [5.41, 5.74) is 6.51. The van der Waals surface area contributed by atoms with Crippen LogP contribution >= 0.6 is 7.60 Å². The minimum atomic E-state index is -4.26. The Morgan fingerprint density at radius 2 is 2.18 bits per heavy atom. The minimum Gasteiger partial charge on any atom is -0.388 e. The fourth-order valence-electron chi connectivity index (χ4n) is 2.32. The second kappa shape index (κ2) is 5.41. The van der Waals surface area contributed by atoms with E-state index in [9.17, 15) is 9.67 Å². The van der Waals surface area contributed by atoms with Gasteiger partial charge in [0.1, 0.15) is 17.9 Å². The van der Waals surface area contributed by atoms with Gasteiger partial charge in [0.05, 0.1) is 12.4 Å². The number of ether oxygens (including phenoxy) is 1. The molecule has 1 fully saturated rings. The van der Waals surface area contributed by atoms with E-state index in [-0.39, 0.29) is 12.2 Å². The molecular formula is C11H14N5O5P. The maximum absolute atomic E-state index is 10.8. The van der Waals surface area contributed by atoms with Crippen LogP contribution in [0.15, 0.2) is 24.5 Å². The zero-order chi connectivity index (χ0) is 15.9. The van der Waals surface area contributed by atoms with Crippen molar-refractivity contribution in [1.82, 2.24) is 19.5 Å². The molecule has 0 aliphatic carbocycles. The van der Waals surface area contributed by atoms with Gasteiger partial charge in [-0.05, 0) is 6.08 Å². The Hall–Kier alpha value is -1.84. The first-order valence-electron chi connectivity index (χ1n) is 6.36. The van der Waals surface area contributed by atoms with Gasteiger partial charge in [0.25, 0.3) is 0 Å². The molecule has 10 nitrogen and oxygen atoms in total. The number of anilines is 1. The third-order valence-electron chi connectivity index (χ3n) is 3.27. The molecule has 1 aliphatic rings. The first-order valence-corrected chi connectivity index (χ1v) is 8.04. The summed E-state index contributed by atoms with van der Waals surface area (Å²) in [5, 5.41) is 10.1. The summed E-state index contributed by atoms with van der Waals surface area (Å²) >= 11 is 0. The smallest absolute Gasteiger partial charge is 0.348 e. The molecule has 2 aromatic heterocycles. The summed E-state index contributed by atoms with van der Waals surface area (Å²) in [6.45, 7) is 0. The average molecular weight is 327 g/mol. The molecule has 118 valence electrons. The van der Waals surface area contributed by atoms with Crippen molar-refractivity contribution in [2.24, 2.45) is 0 Å². The molecule has 0 saturated carbocycles. The number of hydrogen-bond donors (Lipinski definition) is 4. The van der Waals surface area contributed by atoms with E-state index in [4.69, 9.17) is 20.3 Å². The first-order chi connectivity index (χ1) is 10.3. The third kappa shape index (κ3) is 2.87. The largest absolute Gasteiger partial charge is 0.388 e. The number of nitrogen functional groups attached to an aromatic ring is 1. The number of aromatic nitrogens is 4. The molecule has 5 N–H and O–H groups in total.